The highest BCUT2D eigenvalue weighted by Crippen LogP contribution is 2.22. The van der Waals surface area contributed by atoms with E-state index in [2.05, 4.69) is 0 Å². The Hall–Kier alpha value is -2.67. The van der Waals surface area contributed by atoms with E-state index in [0.29, 0.717) is 37.4 Å². The number of esters is 1. The first kappa shape index (κ1) is 21.0. The second kappa shape index (κ2) is 9.69. The molecule has 3 rings (SSSR count). The summed E-state index contributed by atoms with van der Waals surface area (Å²) in [7, 11) is 1.71. The van der Waals surface area contributed by atoms with E-state index in [1.165, 1.54) is 11.3 Å². The molecule has 29 heavy (non-hydrogen) atoms. The van der Waals surface area contributed by atoms with Crippen molar-refractivity contribution in [2.24, 2.45) is 5.92 Å². The number of aryl methyl sites for hydroxylation is 1. The minimum atomic E-state index is -0.356. The first-order valence-electron chi connectivity index (χ1n) is 9.73. The standard InChI is InChI=1S/C22H26N2O4S/c1-16-6-3-4-7-18(16)14-23(2)20(25)15-28-22(27)17-9-11-24(12-10-17)21(26)19-8-5-13-29-19/h3-8,13,17H,9-12,14-15H2,1-2H3. The number of nitrogens with zero attached hydrogens (tertiary/aromatic N) is 2. The summed E-state index contributed by atoms with van der Waals surface area (Å²) >= 11 is 1.42. The summed E-state index contributed by atoms with van der Waals surface area (Å²) in [6, 6.07) is 11.6. The van der Waals surface area contributed by atoms with Crippen molar-refractivity contribution in [1.82, 2.24) is 9.80 Å². The van der Waals surface area contributed by atoms with Crippen LogP contribution in [-0.2, 0) is 20.9 Å². The molecule has 0 unspecified atom stereocenters. The van der Waals surface area contributed by atoms with Crippen LogP contribution in [0.3, 0.4) is 0 Å². The summed E-state index contributed by atoms with van der Waals surface area (Å²) in [5.41, 5.74) is 2.19. The Morgan fingerprint density at radius 1 is 1.14 bits per heavy atom. The van der Waals surface area contributed by atoms with Gasteiger partial charge in [-0.1, -0.05) is 30.3 Å². The van der Waals surface area contributed by atoms with Crippen molar-refractivity contribution >= 4 is 29.1 Å². The third kappa shape index (κ3) is 5.44. The number of likely N-dealkylation sites (tertiary alicyclic amines) is 1. The topological polar surface area (TPSA) is 66.9 Å². The molecule has 1 aliphatic heterocycles. The Kier molecular flexibility index (Phi) is 7.04. The van der Waals surface area contributed by atoms with Crippen LogP contribution < -0.4 is 0 Å². The van der Waals surface area contributed by atoms with E-state index in [1.807, 2.05) is 48.7 Å². The maximum absolute atomic E-state index is 12.4. The summed E-state index contributed by atoms with van der Waals surface area (Å²) in [4.78, 5) is 41.1. The molecular formula is C22H26N2O4S. The van der Waals surface area contributed by atoms with Crippen molar-refractivity contribution in [2.75, 3.05) is 26.7 Å². The zero-order valence-corrected chi connectivity index (χ0v) is 17.6. The number of rotatable bonds is 6. The van der Waals surface area contributed by atoms with Gasteiger partial charge in [0.15, 0.2) is 6.61 Å². The van der Waals surface area contributed by atoms with Crippen molar-refractivity contribution in [2.45, 2.75) is 26.3 Å². The lowest BCUT2D eigenvalue weighted by molar-refractivity contribution is -0.156. The van der Waals surface area contributed by atoms with Crippen molar-refractivity contribution < 1.29 is 19.1 Å². The SMILES string of the molecule is Cc1ccccc1CN(C)C(=O)COC(=O)C1CCN(C(=O)c2cccs2)CC1. The van der Waals surface area contributed by atoms with Gasteiger partial charge < -0.3 is 14.5 Å². The summed E-state index contributed by atoms with van der Waals surface area (Å²) in [6.07, 6.45) is 1.12. The molecule has 1 saturated heterocycles. The Balaban J connectivity index is 1.42. The van der Waals surface area contributed by atoms with Crippen LogP contribution in [-0.4, -0.2) is 54.3 Å². The molecule has 1 aliphatic rings. The molecular weight excluding hydrogens is 388 g/mol. The number of ether oxygens (including phenoxy) is 1. The van der Waals surface area contributed by atoms with Gasteiger partial charge in [-0.2, -0.15) is 0 Å². The molecule has 0 aliphatic carbocycles. The van der Waals surface area contributed by atoms with E-state index in [4.69, 9.17) is 4.74 Å². The van der Waals surface area contributed by atoms with Gasteiger partial charge >= 0.3 is 5.97 Å². The fraction of sp³-hybridized carbons (Fsp3) is 0.409. The van der Waals surface area contributed by atoms with Gasteiger partial charge in [0, 0.05) is 26.7 Å². The number of benzene rings is 1. The molecule has 2 aromatic rings. The molecule has 1 fully saturated rings. The van der Waals surface area contributed by atoms with Gasteiger partial charge in [0.1, 0.15) is 0 Å². The van der Waals surface area contributed by atoms with Gasteiger partial charge in [-0.05, 0) is 42.3 Å². The smallest absolute Gasteiger partial charge is 0.309 e. The second-order valence-corrected chi connectivity index (χ2v) is 8.28. The van der Waals surface area contributed by atoms with Gasteiger partial charge in [-0.3, -0.25) is 14.4 Å². The number of hydrogen-bond donors (Lipinski definition) is 0. The van der Waals surface area contributed by atoms with Crippen LogP contribution in [0.25, 0.3) is 0 Å². The van der Waals surface area contributed by atoms with Gasteiger partial charge in [0.2, 0.25) is 0 Å². The van der Waals surface area contributed by atoms with Crippen LogP contribution >= 0.6 is 11.3 Å². The third-order valence-corrected chi connectivity index (χ3v) is 6.14. The first-order valence-corrected chi connectivity index (χ1v) is 10.6. The molecule has 0 spiro atoms. The minimum Gasteiger partial charge on any atom is -0.455 e. The molecule has 7 heteroatoms. The first-order chi connectivity index (χ1) is 14.0. The van der Waals surface area contributed by atoms with Crippen molar-refractivity contribution in [3.05, 3.63) is 57.8 Å². The average molecular weight is 415 g/mol. The molecule has 0 saturated carbocycles. The number of carbonyl (C=O) groups is 3. The normalized spacial score (nSPS) is 14.5. The molecule has 1 aromatic carbocycles. The van der Waals surface area contributed by atoms with Crippen molar-refractivity contribution in [3.8, 4) is 0 Å². The summed E-state index contributed by atoms with van der Waals surface area (Å²) < 4.78 is 5.27. The largest absolute Gasteiger partial charge is 0.455 e. The number of carbonyl (C=O) groups excluding carboxylic acids is 3. The number of amides is 2. The quantitative estimate of drug-likeness (QED) is 0.681. The predicted molar refractivity (Wildman–Crippen MR) is 112 cm³/mol. The highest BCUT2D eigenvalue weighted by Gasteiger charge is 2.29. The number of likely N-dealkylation sites (N-methyl/N-ethyl adjacent to an activating group) is 1. The fourth-order valence-corrected chi connectivity index (χ4v) is 4.06. The Bertz CT molecular complexity index is 857. The molecule has 0 bridgehead atoms. The molecule has 1 aromatic heterocycles. The lowest BCUT2D eigenvalue weighted by Crippen LogP contribution is -2.41. The zero-order chi connectivity index (χ0) is 20.8. The highest BCUT2D eigenvalue weighted by molar-refractivity contribution is 7.12. The van der Waals surface area contributed by atoms with Crippen LogP contribution in [0.15, 0.2) is 41.8 Å². The summed E-state index contributed by atoms with van der Waals surface area (Å²) in [6.45, 7) is 3.28. The van der Waals surface area contributed by atoms with E-state index in [-0.39, 0.29) is 30.3 Å². The lowest BCUT2D eigenvalue weighted by Gasteiger charge is -2.30. The van der Waals surface area contributed by atoms with E-state index in [1.54, 1.807) is 16.8 Å². The van der Waals surface area contributed by atoms with Gasteiger partial charge in [-0.15, -0.1) is 11.3 Å². The Morgan fingerprint density at radius 3 is 2.52 bits per heavy atom. The molecule has 0 atom stereocenters. The van der Waals surface area contributed by atoms with Crippen molar-refractivity contribution in [1.29, 1.82) is 0 Å². The second-order valence-electron chi connectivity index (χ2n) is 7.33. The molecule has 154 valence electrons. The number of hydrogen-bond acceptors (Lipinski definition) is 5. The van der Waals surface area contributed by atoms with Gasteiger partial charge in [-0.25, -0.2) is 0 Å². The molecule has 0 radical (unpaired) electrons. The molecule has 2 amide bonds. The minimum absolute atomic E-state index is 0.0137. The van der Waals surface area contributed by atoms with E-state index >= 15 is 0 Å². The summed E-state index contributed by atoms with van der Waals surface area (Å²) in [5.74, 6) is -0.838. The molecule has 0 N–H and O–H groups in total. The zero-order valence-electron chi connectivity index (χ0n) is 16.8. The van der Waals surface area contributed by atoms with Crippen LogP contribution in [0.1, 0.15) is 33.6 Å². The summed E-state index contributed by atoms with van der Waals surface area (Å²) in [5, 5.41) is 1.88. The number of piperidine rings is 1. The van der Waals surface area contributed by atoms with E-state index in [9.17, 15) is 14.4 Å². The third-order valence-electron chi connectivity index (χ3n) is 5.28. The average Bonchev–Trinajstić information content (AvgIpc) is 3.28. The Labute approximate surface area is 175 Å². The molecule has 2 heterocycles. The van der Waals surface area contributed by atoms with Crippen LogP contribution in [0.4, 0.5) is 0 Å². The monoisotopic (exact) mass is 414 g/mol. The van der Waals surface area contributed by atoms with E-state index < -0.39 is 0 Å². The van der Waals surface area contributed by atoms with Crippen LogP contribution in [0.5, 0.6) is 0 Å². The predicted octanol–water partition coefficient (Wildman–Crippen LogP) is 3.11. The van der Waals surface area contributed by atoms with Crippen LogP contribution in [0.2, 0.25) is 0 Å². The Morgan fingerprint density at radius 2 is 1.86 bits per heavy atom. The number of thiophene rings is 1. The van der Waals surface area contributed by atoms with E-state index in [0.717, 1.165) is 11.1 Å². The molecule has 6 nitrogen and oxygen atoms in total. The van der Waals surface area contributed by atoms with Crippen LogP contribution in [0, 0.1) is 12.8 Å². The highest BCUT2D eigenvalue weighted by atomic mass is 32.1. The maximum Gasteiger partial charge on any atom is 0.309 e. The lowest BCUT2D eigenvalue weighted by atomic mass is 9.97. The van der Waals surface area contributed by atoms with Gasteiger partial charge in [0.05, 0.1) is 10.8 Å². The van der Waals surface area contributed by atoms with Gasteiger partial charge in [0.25, 0.3) is 11.8 Å². The fourth-order valence-electron chi connectivity index (χ4n) is 3.37. The van der Waals surface area contributed by atoms with Crippen molar-refractivity contribution in [3.63, 3.8) is 0 Å². The maximum atomic E-state index is 12.4.